The molecule has 14 nitrogen and oxygen atoms in total. The Labute approximate surface area is 379 Å². The maximum atomic E-state index is 12.7. The summed E-state index contributed by atoms with van der Waals surface area (Å²) in [6.45, 7) is 2.79. The Kier molecular flexibility index (Phi) is 17.4. The summed E-state index contributed by atoms with van der Waals surface area (Å²) >= 11 is 0. The lowest BCUT2D eigenvalue weighted by atomic mass is 10.1. The third kappa shape index (κ3) is 15.5. The SMILES string of the molecule is CCc1ccc(S(=O)(=O)Nc2ccc(OCCOc3ccccc3CC(=O)O)cc2)cc1.O=C(O)Cc1ccccc1OCCOc1ccc(NS(=O)(=O)c2ccc(C(F)(F)F)cc2)cc1. The number of alkyl halides is 3. The second-order valence-corrected chi connectivity index (χ2v) is 17.4. The first-order valence-corrected chi connectivity index (χ1v) is 23.0. The van der Waals surface area contributed by atoms with Gasteiger partial charge in [0.15, 0.2) is 0 Å². The van der Waals surface area contributed by atoms with Gasteiger partial charge in [0.2, 0.25) is 0 Å². The first-order chi connectivity index (χ1) is 31.4. The molecule has 19 heteroatoms. The van der Waals surface area contributed by atoms with Crippen LogP contribution in [0.25, 0.3) is 0 Å². The fourth-order valence-corrected chi connectivity index (χ4v) is 8.04. The van der Waals surface area contributed by atoms with Gasteiger partial charge in [-0.3, -0.25) is 19.0 Å². The number of carbonyl (C=O) groups is 2. The summed E-state index contributed by atoms with van der Waals surface area (Å²) in [5.74, 6) is 0.0478. The second kappa shape index (κ2) is 23.1. The molecule has 0 saturated carbocycles. The molecule has 66 heavy (non-hydrogen) atoms. The maximum absolute atomic E-state index is 12.7. The normalized spacial score (nSPS) is 11.3. The average molecular weight is 951 g/mol. The van der Waals surface area contributed by atoms with E-state index in [1.807, 2.05) is 6.92 Å². The van der Waals surface area contributed by atoms with Crippen molar-refractivity contribution in [3.05, 3.63) is 168 Å². The molecule has 0 saturated heterocycles. The summed E-state index contributed by atoms with van der Waals surface area (Å²) in [6.07, 6.45) is -3.99. The van der Waals surface area contributed by atoms with Crippen LogP contribution in [0.3, 0.4) is 0 Å². The van der Waals surface area contributed by atoms with Gasteiger partial charge in [0, 0.05) is 22.5 Å². The summed E-state index contributed by atoms with van der Waals surface area (Å²) in [4.78, 5) is 21.7. The average Bonchev–Trinajstić information content (AvgIpc) is 3.28. The molecule has 0 amide bonds. The van der Waals surface area contributed by atoms with Crippen molar-refractivity contribution in [2.24, 2.45) is 0 Å². The second-order valence-electron chi connectivity index (χ2n) is 14.0. The number of hydrogen-bond donors (Lipinski definition) is 4. The highest BCUT2D eigenvalue weighted by molar-refractivity contribution is 7.93. The molecule has 6 aromatic rings. The van der Waals surface area contributed by atoms with E-state index in [2.05, 4.69) is 9.44 Å². The van der Waals surface area contributed by atoms with Gasteiger partial charge in [-0.15, -0.1) is 0 Å². The third-order valence-corrected chi connectivity index (χ3v) is 12.0. The van der Waals surface area contributed by atoms with Crippen LogP contribution in [-0.2, 0) is 55.1 Å². The Morgan fingerprint density at radius 2 is 0.879 bits per heavy atom. The number of ether oxygens (including phenoxy) is 4. The first kappa shape index (κ1) is 49.8. The lowest BCUT2D eigenvalue weighted by molar-refractivity contribution is -0.138. The van der Waals surface area contributed by atoms with E-state index in [9.17, 15) is 39.6 Å². The van der Waals surface area contributed by atoms with E-state index in [4.69, 9.17) is 29.2 Å². The number of rotatable bonds is 21. The van der Waals surface area contributed by atoms with E-state index in [1.54, 1.807) is 97.1 Å². The molecule has 0 heterocycles. The molecule has 0 spiro atoms. The monoisotopic (exact) mass is 950 g/mol. The van der Waals surface area contributed by atoms with Crippen molar-refractivity contribution in [2.75, 3.05) is 35.9 Å². The molecule has 0 aliphatic heterocycles. The number of para-hydroxylation sites is 2. The minimum absolute atomic E-state index is 0.114. The van der Waals surface area contributed by atoms with E-state index < -0.39 is 43.7 Å². The number of aryl methyl sites for hydroxylation is 1. The van der Waals surface area contributed by atoms with E-state index >= 15 is 0 Å². The zero-order chi connectivity index (χ0) is 47.7. The molecular weight excluding hydrogens is 906 g/mol. The quantitative estimate of drug-likeness (QED) is 0.0501. The van der Waals surface area contributed by atoms with E-state index in [1.165, 1.54) is 24.3 Å². The number of carboxylic acid groups (broad SMARTS) is 2. The smallest absolute Gasteiger partial charge is 0.416 e. The Bertz CT molecular complexity index is 2750. The van der Waals surface area contributed by atoms with Gasteiger partial charge in [0.1, 0.15) is 49.4 Å². The number of benzene rings is 6. The molecule has 4 N–H and O–H groups in total. The Balaban J connectivity index is 0.000000248. The molecule has 6 aromatic carbocycles. The van der Waals surface area contributed by atoms with Gasteiger partial charge in [-0.2, -0.15) is 13.2 Å². The van der Waals surface area contributed by atoms with Crippen LogP contribution >= 0.6 is 0 Å². The van der Waals surface area contributed by atoms with E-state index in [0.717, 1.165) is 24.1 Å². The minimum Gasteiger partial charge on any atom is -0.490 e. The van der Waals surface area contributed by atoms with Crippen LogP contribution in [0.5, 0.6) is 23.0 Å². The summed E-state index contributed by atoms with van der Waals surface area (Å²) < 4.78 is 115. The fraction of sp³-hybridized carbons (Fsp3) is 0.191. The zero-order valence-corrected chi connectivity index (χ0v) is 36.9. The molecule has 0 aliphatic carbocycles. The van der Waals surface area contributed by atoms with Gasteiger partial charge in [-0.05, 0) is 109 Å². The predicted octanol–water partition coefficient (Wildman–Crippen LogP) is 8.73. The Morgan fingerprint density at radius 3 is 1.24 bits per heavy atom. The largest absolute Gasteiger partial charge is 0.490 e. The Morgan fingerprint density at radius 1 is 0.515 bits per heavy atom. The van der Waals surface area contributed by atoms with Crippen molar-refractivity contribution in [3.8, 4) is 23.0 Å². The van der Waals surface area contributed by atoms with Crippen LogP contribution < -0.4 is 28.4 Å². The highest BCUT2D eigenvalue weighted by Gasteiger charge is 2.30. The molecule has 348 valence electrons. The van der Waals surface area contributed by atoms with Crippen LogP contribution in [0, 0.1) is 0 Å². The maximum Gasteiger partial charge on any atom is 0.416 e. The Hall–Kier alpha value is -7.25. The van der Waals surface area contributed by atoms with E-state index in [-0.39, 0.29) is 54.7 Å². The third-order valence-electron chi connectivity index (χ3n) is 9.19. The van der Waals surface area contributed by atoms with Crippen molar-refractivity contribution in [1.82, 2.24) is 0 Å². The van der Waals surface area contributed by atoms with Gasteiger partial charge in [0.05, 0.1) is 28.2 Å². The minimum atomic E-state index is -4.56. The molecule has 0 atom stereocenters. The lowest BCUT2D eigenvalue weighted by Gasteiger charge is -2.12. The fourth-order valence-electron chi connectivity index (χ4n) is 5.92. The number of carboxylic acids is 2. The van der Waals surface area contributed by atoms with Crippen molar-refractivity contribution in [1.29, 1.82) is 0 Å². The summed E-state index contributed by atoms with van der Waals surface area (Å²) in [6, 6.07) is 36.2. The molecule has 0 aliphatic rings. The van der Waals surface area contributed by atoms with Crippen LogP contribution in [0.1, 0.15) is 29.2 Å². The molecule has 6 rings (SSSR count). The molecular formula is C47H45F3N2O12S2. The number of nitrogens with one attached hydrogen (secondary N) is 2. The van der Waals surface area contributed by atoms with Gasteiger partial charge in [-0.25, -0.2) is 16.8 Å². The lowest BCUT2D eigenvalue weighted by Crippen LogP contribution is -2.14. The van der Waals surface area contributed by atoms with Crippen LogP contribution in [0.15, 0.2) is 155 Å². The van der Waals surface area contributed by atoms with Crippen LogP contribution in [0.4, 0.5) is 24.5 Å². The van der Waals surface area contributed by atoms with Gasteiger partial charge in [-0.1, -0.05) is 55.5 Å². The predicted molar refractivity (Wildman–Crippen MR) is 239 cm³/mol. The molecule has 0 aromatic heterocycles. The van der Waals surface area contributed by atoms with Gasteiger partial charge < -0.3 is 29.2 Å². The zero-order valence-electron chi connectivity index (χ0n) is 35.2. The van der Waals surface area contributed by atoms with Crippen molar-refractivity contribution in [2.45, 2.75) is 42.2 Å². The molecule has 0 unspecified atom stereocenters. The summed E-state index contributed by atoms with van der Waals surface area (Å²) in [5, 5.41) is 17.9. The van der Waals surface area contributed by atoms with E-state index in [0.29, 0.717) is 51.9 Å². The van der Waals surface area contributed by atoms with Crippen molar-refractivity contribution >= 4 is 43.4 Å². The van der Waals surface area contributed by atoms with Crippen LogP contribution in [-0.4, -0.2) is 65.4 Å². The summed E-state index contributed by atoms with van der Waals surface area (Å²) in [7, 11) is -7.74. The van der Waals surface area contributed by atoms with Crippen molar-refractivity contribution in [3.63, 3.8) is 0 Å². The number of hydrogen-bond acceptors (Lipinski definition) is 10. The number of anilines is 2. The molecule has 0 radical (unpaired) electrons. The number of sulfonamides is 2. The van der Waals surface area contributed by atoms with Gasteiger partial charge >= 0.3 is 18.1 Å². The molecule has 0 fully saturated rings. The van der Waals surface area contributed by atoms with Gasteiger partial charge in [0.25, 0.3) is 20.0 Å². The standard InChI is InChI=1S/C24H25NO6S.C23H20F3NO6S/c1-2-18-7-13-22(14-8-18)32(28,29)25-20-9-11-21(12-10-20)30-15-16-31-23-6-4-3-5-19(23)17-24(26)27;24-23(25,26)17-5-11-20(12-6-17)34(30,31)27-18-7-9-19(10-8-18)32-13-14-33-21-4-2-1-3-16(21)15-22(28)29/h3-14,25H,2,15-17H2,1H3,(H,26,27);1-12,27H,13-15H2,(H,28,29). The highest BCUT2D eigenvalue weighted by atomic mass is 32.2. The highest BCUT2D eigenvalue weighted by Crippen LogP contribution is 2.30. The summed E-state index contributed by atoms with van der Waals surface area (Å²) in [5.41, 5.74) is 1.89. The van der Waals surface area contributed by atoms with Crippen molar-refractivity contribution < 1.29 is 68.8 Å². The molecule has 0 bridgehead atoms. The van der Waals surface area contributed by atoms with Crippen LogP contribution in [0.2, 0.25) is 0 Å². The first-order valence-electron chi connectivity index (χ1n) is 20.0. The topological polar surface area (TPSA) is 204 Å². The number of halogens is 3. The number of aliphatic carboxylic acids is 2.